The molecule has 0 atom stereocenters. The fraction of sp³-hybridized carbons (Fsp3) is 0.0645. The number of sulfonamides is 2. The van der Waals surface area contributed by atoms with Crippen molar-refractivity contribution in [2.24, 2.45) is 0 Å². The summed E-state index contributed by atoms with van der Waals surface area (Å²) in [6.45, 7) is 1.47. The summed E-state index contributed by atoms with van der Waals surface area (Å²) in [7, 11) is -7.89. The van der Waals surface area contributed by atoms with Gasteiger partial charge in [0.25, 0.3) is 20.0 Å². The van der Waals surface area contributed by atoms with Gasteiger partial charge in [0.05, 0.1) is 21.2 Å². The van der Waals surface area contributed by atoms with Crippen LogP contribution in [0.15, 0.2) is 119 Å². The van der Waals surface area contributed by atoms with Gasteiger partial charge in [-0.15, -0.1) is 0 Å². The normalized spacial score (nSPS) is 13.7. The Morgan fingerprint density at radius 2 is 1.51 bits per heavy atom. The maximum absolute atomic E-state index is 13.5. The highest BCUT2D eigenvalue weighted by molar-refractivity contribution is 7.93. The average molecular weight is 584 g/mol. The highest BCUT2D eigenvalue weighted by atomic mass is 32.2. The van der Waals surface area contributed by atoms with Crippen LogP contribution in [-0.2, 0) is 24.8 Å². The van der Waals surface area contributed by atoms with Crippen LogP contribution in [0.1, 0.15) is 5.56 Å². The van der Waals surface area contributed by atoms with Crippen molar-refractivity contribution < 1.29 is 21.6 Å². The molecule has 0 saturated carbocycles. The van der Waals surface area contributed by atoms with Crippen molar-refractivity contribution in [2.45, 2.75) is 16.7 Å². The van der Waals surface area contributed by atoms with Crippen LogP contribution in [0.3, 0.4) is 0 Å². The zero-order valence-electron chi connectivity index (χ0n) is 21.9. The zero-order chi connectivity index (χ0) is 28.8. The van der Waals surface area contributed by atoms with E-state index in [1.54, 1.807) is 42.5 Å². The third-order valence-corrected chi connectivity index (χ3v) is 10.1. The maximum atomic E-state index is 13.5. The minimum atomic E-state index is -3.98. The van der Waals surface area contributed by atoms with Gasteiger partial charge < -0.3 is 5.32 Å². The number of hydrogen-bond donors (Lipinski definition) is 2. The van der Waals surface area contributed by atoms with Crippen LogP contribution in [0, 0.1) is 6.92 Å². The molecule has 0 unspecified atom stereocenters. The molecule has 206 valence electrons. The van der Waals surface area contributed by atoms with Crippen LogP contribution in [0.25, 0.3) is 21.9 Å². The number of nitrogens with zero attached hydrogens (tertiary/aromatic N) is 1. The number of nitrogens with one attached hydrogen (secondary N) is 2. The molecule has 2 N–H and O–H groups in total. The minimum absolute atomic E-state index is 0.0166. The van der Waals surface area contributed by atoms with Gasteiger partial charge in [0.15, 0.2) is 0 Å². The first-order valence-corrected chi connectivity index (χ1v) is 15.7. The minimum Gasteiger partial charge on any atom is -0.325 e. The number of benzene rings is 5. The second-order valence-corrected chi connectivity index (χ2v) is 13.2. The van der Waals surface area contributed by atoms with E-state index < -0.39 is 32.5 Å². The molecule has 0 saturated heterocycles. The molecular formula is C31H25N3O5S2. The van der Waals surface area contributed by atoms with Gasteiger partial charge in [-0.25, -0.2) is 16.8 Å². The SMILES string of the molecule is Cc1ccc2c(c1)-c1ccccc1S(=O)(=O)N2CC(=O)Nc1ccc(S(=O)(=O)Nc2cccc3ccccc23)cc1. The predicted molar refractivity (Wildman–Crippen MR) is 161 cm³/mol. The van der Waals surface area contributed by atoms with E-state index in [0.717, 1.165) is 26.2 Å². The summed E-state index contributed by atoms with van der Waals surface area (Å²) in [4.78, 5) is 13.2. The van der Waals surface area contributed by atoms with Crippen LogP contribution in [0.2, 0.25) is 0 Å². The Hall–Kier alpha value is -4.67. The van der Waals surface area contributed by atoms with Gasteiger partial charge in [-0.1, -0.05) is 66.2 Å². The number of rotatable bonds is 6. The van der Waals surface area contributed by atoms with Gasteiger partial charge in [0, 0.05) is 22.2 Å². The topological polar surface area (TPSA) is 113 Å². The Bertz CT molecular complexity index is 2040. The summed E-state index contributed by atoms with van der Waals surface area (Å²) in [6, 6.07) is 30.7. The Morgan fingerprint density at radius 3 is 2.32 bits per heavy atom. The number of amides is 1. The van der Waals surface area contributed by atoms with E-state index >= 15 is 0 Å². The Kier molecular flexibility index (Phi) is 6.51. The van der Waals surface area contributed by atoms with Crippen LogP contribution in [0.4, 0.5) is 17.1 Å². The van der Waals surface area contributed by atoms with Crippen LogP contribution in [-0.4, -0.2) is 29.3 Å². The summed E-state index contributed by atoms with van der Waals surface area (Å²) >= 11 is 0. The molecule has 0 radical (unpaired) electrons. The van der Waals surface area contributed by atoms with E-state index in [0.29, 0.717) is 22.6 Å². The smallest absolute Gasteiger partial charge is 0.265 e. The molecule has 1 aliphatic rings. The molecule has 6 rings (SSSR count). The summed E-state index contributed by atoms with van der Waals surface area (Å²) in [5.41, 5.74) is 3.50. The number of aryl methyl sites for hydroxylation is 1. The molecule has 0 fully saturated rings. The molecule has 0 bridgehead atoms. The lowest BCUT2D eigenvalue weighted by Gasteiger charge is -2.31. The van der Waals surface area contributed by atoms with Crippen molar-refractivity contribution >= 4 is 53.8 Å². The first-order chi connectivity index (χ1) is 19.6. The molecule has 5 aromatic carbocycles. The van der Waals surface area contributed by atoms with Crippen molar-refractivity contribution in [3.05, 3.63) is 115 Å². The van der Waals surface area contributed by atoms with Crippen molar-refractivity contribution in [3.63, 3.8) is 0 Å². The van der Waals surface area contributed by atoms with Crippen LogP contribution in [0.5, 0.6) is 0 Å². The number of anilines is 3. The lowest BCUT2D eigenvalue weighted by Crippen LogP contribution is -2.40. The van der Waals surface area contributed by atoms with E-state index in [2.05, 4.69) is 10.0 Å². The molecule has 5 aromatic rings. The molecule has 10 heteroatoms. The van der Waals surface area contributed by atoms with Crippen molar-refractivity contribution in [1.29, 1.82) is 0 Å². The number of carbonyl (C=O) groups is 1. The Labute approximate surface area is 238 Å². The molecule has 0 aromatic heterocycles. The molecule has 1 amide bonds. The Balaban J connectivity index is 1.21. The largest absolute Gasteiger partial charge is 0.325 e. The first kappa shape index (κ1) is 26.5. The third kappa shape index (κ3) is 4.92. The maximum Gasteiger partial charge on any atom is 0.265 e. The van der Waals surface area contributed by atoms with E-state index in [1.165, 1.54) is 30.3 Å². The van der Waals surface area contributed by atoms with E-state index in [1.807, 2.05) is 43.3 Å². The third-order valence-electron chi connectivity index (χ3n) is 6.94. The van der Waals surface area contributed by atoms with Gasteiger partial charge in [-0.05, 0) is 60.8 Å². The number of hydrogen-bond acceptors (Lipinski definition) is 5. The summed E-state index contributed by atoms with van der Waals surface area (Å²) in [5.74, 6) is -0.566. The standard InChI is InChI=1S/C31H25N3O5S2/c1-21-13-18-29-27(19-21)26-10-4-5-12-30(26)41(38,39)34(29)20-31(35)32-23-14-16-24(17-15-23)40(36,37)33-28-11-6-8-22-7-2-3-9-25(22)28/h2-19,33H,20H2,1H3,(H,32,35). The van der Waals surface area contributed by atoms with Gasteiger partial charge in [-0.3, -0.25) is 13.8 Å². The van der Waals surface area contributed by atoms with E-state index in [-0.39, 0.29) is 9.79 Å². The predicted octanol–water partition coefficient (Wildman–Crippen LogP) is 5.76. The van der Waals surface area contributed by atoms with Crippen LogP contribution >= 0.6 is 0 Å². The molecule has 0 spiro atoms. The number of fused-ring (bicyclic) bond motifs is 4. The van der Waals surface area contributed by atoms with Gasteiger partial charge >= 0.3 is 0 Å². The summed E-state index contributed by atoms with van der Waals surface area (Å²) < 4.78 is 56.9. The van der Waals surface area contributed by atoms with Crippen molar-refractivity contribution in [2.75, 3.05) is 20.9 Å². The monoisotopic (exact) mass is 583 g/mol. The van der Waals surface area contributed by atoms with Gasteiger partial charge in [-0.2, -0.15) is 0 Å². The second-order valence-electron chi connectivity index (χ2n) is 9.73. The molecule has 0 aliphatic carbocycles. The molecular weight excluding hydrogens is 558 g/mol. The van der Waals surface area contributed by atoms with Gasteiger partial charge in [0.2, 0.25) is 5.91 Å². The van der Waals surface area contributed by atoms with Gasteiger partial charge in [0.1, 0.15) is 6.54 Å². The van der Waals surface area contributed by atoms with Crippen molar-refractivity contribution in [3.8, 4) is 11.1 Å². The lowest BCUT2D eigenvalue weighted by molar-refractivity contribution is -0.114. The second kappa shape index (κ2) is 10.1. The Morgan fingerprint density at radius 1 is 0.805 bits per heavy atom. The van der Waals surface area contributed by atoms with Crippen LogP contribution < -0.4 is 14.3 Å². The molecule has 8 nitrogen and oxygen atoms in total. The summed E-state index contributed by atoms with van der Waals surface area (Å²) in [5, 5.41) is 4.36. The average Bonchev–Trinajstić information content (AvgIpc) is 2.96. The van der Waals surface area contributed by atoms with E-state index in [4.69, 9.17) is 0 Å². The summed E-state index contributed by atoms with van der Waals surface area (Å²) in [6.07, 6.45) is 0. The number of carbonyl (C=O) groups excluding carboxylic acids is 1. The molecule has 41 heavy (non-hydrogen) atoms. The quantitative estimate of drug-likeness (QED) is 0.264. The fourth-order valence-electron chi connectivity index (χ4n) is 4.98. The first-order valence-electron chi connectivity index (χ1n) is 12.8. The van der Waals surface area contributed by atoms with E-state index in [9.17, 15) is 21.6 Å². The molecule has 1 heterocycles. The zero-order valence-corrected chi connectivity index (χ0v) is 23.5. The van der Waals surface area contributed by atoms with Crippen molar-refractivity contribution in [1.82, 2.24) is 0 Å². The lowest BCUT2D eigenvalue weighted by atomic mass is 10.0. The highest BCUT2D eigenvalue weighted by Crippen LogP contribution is 2.43. The highest BCUT2D eigenvalue weighted by Gasteiger charge is 2.35. The molecule has 1 aliphatic heterocycles. The fourth-order valence-corrected chi connectivity index (χ4v) is 7.71.